The van der Waals surface area contributed by atoms with Gasteiger partial charge in [-0.2, -0.15) is 5.10 Å². The van der Waals surface area contributed by atoms with Crippen LogP contribution in [0.25, 0.3) is 11.0 Å². The summed E-state index contributed by atoms with van der Waals surface area (Å²) in [6.07, 6.45) is 2.72. The minimum atomic E-state index is -0.628. The number of nitrogens with one attached hydrogen (secondary N) is 1. The normalized spacial score (nSPS) is 13.5. The van der Waals surface area contributed by atoms with E-state index in [2.05, 4.69) is 22.2 Å². The zero-order valence-electron chi connectivity index (χ0n) is 20.9. The minimum Gasteiger partial charge on any atom is -0.493 e. The number of carbonyl (C=O) groups is 1. The summed E-state index contributed by atoms with van der Waals surface area (Å²) in [7, 11) is 2.77. The predicted molar refractivity (Wildman–Crippen MR) is 138 cm³/mol. The first-order valence-electron chi connectivity index (χ1n) is 11.8. The van der Waals surface area contributed by atoms with Crippen LogP contribution in [0.2, 0.25) is 0 Å². The number of methoxy groups -OCH3 is 2. The first kappa shape index (κ1) is 26.4. The van der Waals surface area contributed by atoms with Crippen LogP contribution in [-0.2, 0) is 11.3 Å². The Hall–Kier alpha value is -3.65. The predicted octanol–water partition coefficient (Wildman–Crippen LogP) is 2.52. The van der Waals surface area contributed by atoms with E-state index < -0.39 is 10.8 Å². The third-order valence-electron chi connectivity index (χ3n) is 5.75. The number of rotatable bonds is 11. The zero-order valence-corrected chi connectivity index (χ0v) is 21.7. The summed E-state index contributed by atoms with van der Waals surface area (Å²) in [5.74, 6) is 1.50. The number of nitro groups is 1. The molecule has 198 valence electrons. The Kier molecular flexibility index (Phi) is 8.61. The Morgan fingerprint density at radius 1 is 1.22 bits per heavy atom. The van der Waals surface area contributed by atoms with Gasteiger partial charge in [-0.3, -0.25) is 14.9 Å². The zero-order chi connectivity index (χ0) is 26.4. The number of thioether (sulfide) groups is 1. The summed E-state index contributed by atoms with van der Waals surface area (Å²) >= 11 is 1.59. The van der Waals surface area contributed by atoms with Crippen LogP contribution in [0.5, 0.6) is 11.5 Å². The highest BCUT2D eigenvalue weighted by atomic mass is 32.2. The molecular formula is C23H29N7O6S. The molecule has 1 N–H and O–H groups in total. The lowest BCUT2D eigenvalue weighted by Crippen LogP contribution is -2.37. The molecule has 1 amide bonds. The Bertz CT molecular complexity index is 1280. The van der Waals surface area contributed by atoms with Gasteiger partial charge in [-0.25, -0.2) is 14.6 Å². The molecule has 1 aliphatic heterocycles. The quantitative estimate of drug-likeness (QED) is 0.168. The number of ether oxygens (including phenoxy) is 3. The Balaban J connectivity index is 1.55. The average Bonchev–Trinajstić information content (AvgIpc) is 3.33. The number of morpholine rings is 1. The van der Waals surface area contributed by atoms with E-state index in [0.29, 0.717) is 30.6 Å². The van der Waals surface area contributed by atoms with Crippen molar-refractivity contribution in [1.29, 1.82) is 0 Å². The molecule has 0 radical (unpaired) electrons. The van der Waals surface area contributed by atoms with E-state index in [0.717, 1.165) is 36.5 Å². The minimum absolute atomic E-state index is 0.122. The maximum absolute atomic E-state index is 12.9. The van der Waals surface area contributed by atoms with Gasteiger partial charge in [0.15, 0.2) is 22.3 Å². The molecule has 13 nitrogen and oxygen atoms in total. The van der Waals surface area contributed by atoms with Gasteiger partial charge < -0.3 is 24.4 Å². The molecule has 1 saturated heterocycles. The number of nitro benzene ring substituents is 1. The van der Waals surface area contributed by atoms with Crippen LogP contribution in [-0.4, -0.2) is 83.4 Å². The number of aromatic nitrogens is 4. The van der Waals surface area contributed by atoms with Crippen LogP contribution < -0.4 is 19.7 Å². The number of benzene rings is 1. The standard InChI is InChI=1S/C23H29N7O6S/c1-4-11-37-23-26-20(28-7-9-36-10-8-28)16-14-25-29(21(16)27-23)6-5-24-22(31)15-12-18(34-2)19(35-3)13-17(15)30(32)33/h12-14H,4-11H2,1-3H3,(H,24,31). The number of nitrogens with zero attached hydrogens (tertiary/aromatic N) is 6. The first-order chi connectivity index (χ1) is 18.0. The summed E-state index contributed by atoms with van der Waals surface area (Å²) in [5.41, 5.74) is 0.171. The van der Waals surface area contributed by atoms with Crippen molar-refractivity contribution in [2.24, 2.45) is 0 Å². The second-order valence-corrected chi connectivity index (χ2v) is 9.18. The van der Waals surface area contributed by atoms with Gasteiger partial charge in [-0.05, 0) is 6.42 Å². The van der Waals surface area contributed by atoms with E-state index in [1.807, 2.05) is 0 Å². The summed E-state index contributed by atoms with van der Waals surface area (Å²) in [6.45, 7) is 5.31. The van der Waals surface area contributed by atoms with Crippen molar-refractivity contribution in [1.82, 2.24) is 25.1 Å². The first-order valence-corrected chi connectivity index (χ1v) is 12.8. The second-order valence-electron chi connectivity index (χ2n) is 8.12. The molecule has 37 heavy (non-hydrogen) atoms. The molecule has 0 spiro atoms. The van der Waals surface area contributed by atoms with Crippen molar-refractivity contribution in [3.63, 3.8) is 0 Å². The number of fused-ring (bicyclic) bond motifs is 1. The SMILES string of the molecule is CCCSc1nc(N2CCOCC2)c2cnn(CCNC(=O)c3cc(OC)c(OC)cc3[N+](=O)[O-])c2n1. The van der Waals surface area contributed by atoms with Crippen molar-refractivity contribution in [2.45, 2.75) is 25.0 Å². The van der Waals surface area contributed by atoms with Gasteiger partial charge in [0.05, 0.1) is 56.6 Å². The number of carbonyl (C=O) groups excluding carboxylic acids is 1. The maximum Gasteiger partial charge on any atom is 0.286 e. The van der Waals surface area contributed by atoms with E-state index in [9.17, 15) is 14.9 Å². The molecule has 0 atom stereocenters. The smallest absolute Gasteiger partial charge is 0.286 e. The number of hydrogen-bond donors (Lipinski definition) is 1. The van der Waals surface area contributed by atoms with Crippen LogP contribution >= 0.6 is 11.8 Å². The van der Waals surface area contributed by atoms with Crippen molar-refractivity contribution in [3.8, 4) is 11.5 Å². The fraction of sp³-hybridized carbons (Fsp3) is 0.478. The molecular weight excluding hydrogens is 502 g/mol. The lowest BCUT2D eigenvalue weighted by atomic mass is 10.1. The summed E-state index contributed by atoms with van der Waals surface area (Å²) in [4.78, 5) is 35.5. The van der Waals surface area contributed by atoms with Crippen molar-refractivity contribution in [2.75, 3.05) is 57.7 Å². The number of hydrogen-bond acceptors (Lipinski definition) is 11. The molecule has 3 heterocycles. The van der Waals surface area contributed by atoms with Crippen LogP contribution in [0.1, 0.15) is 23.7 Å². The van der Waals surface area contributed by atoms with Gasteiger partial charge in [0, 0.05) is 31.5 Å². The summed E-state index contributed by atoms with van der Waals surface area (Å²) in [5, 5.41) is 20.3. The molecule has 0 aliphatic carbocycles. The molecule has 0 bridgehead atoms. The fourth-order valence-corrected chi connectivity index (χ4v) is 4.62. The highest BCUT2D eigenvalue weighted by Gasteiger charge is 2.25. The Labute approximate surface area is 217 Å². The molecule has 0 unspecified atom stereocenters. The Morgan fingerprint density at radius 2 is 1.95 bits per heavy atom. The monoisotopic (exact) mass is 531 g/mol. The highest BCUT2D eigenvalue weighted by Crippen LogP contribution is 2.34. The molecule has 0 saturated carbocycles. The van der Waals surface area contributed by atoms with Crippen LogP contribution in [0.3, 0.4) is 0 Å². The third-order valence-corrected chi connectivity index (χ3v) is 6.81. The van der Waals surface area contributed by atoms with Crippen LogP contribution in [0, 0.1) is 10.1 Å². The molecule has 3 aromatic rings. The van der Waals surface area contributed by atoms with Crippen molar-refractivity contribution in [3.05, 3.63) is 34.0 Å². The maximum atomic E-state index is 12.9. The molecule has 1 fully saturated rings. The molecule has 1 aliphatic rings. The van der Waals surface area contributed by atoms with E-state index in [1.54, 1.807) is 22.6 Å². The van der Waals surface area contributed by atoms with Crippen molar-refractivity contribution < 1.29 is 23.9 Å². The molecule has 14 heteroatoms. The fourth-order valence-electron chi connectivity index (χ4n) is 3.93. The highest BCUT2D eigenvalue weighted by molar-refractivity contribution is 7.99. The van der Waals surface area contributed by atoms with Gasteiger partial charge >= 0.3 is 0 Å². The van der Waals surface area contributed by atoms with E-state index >= 15 is 0 Å². The van der Waals surface area contributed by atoms with Crippen LogP contribution in [0.4, 0.5) is 11.5 Å². The number of anilines is 1. The van der Waals surface area contributed by atoms with Gasteiger partial charge in [0.25, 0.3) is 11.6 Å². The molecule has 1 aromatic carbocycles. The lowest BCUT2D eigenvalue weighted by Gasteiger charge is -2.28. The summed E-state index contributed by atoms with van der Waals surface area (Å²) in [6, 6.07) is 2.48. The van der Waals surface area contributed by atoms with Gasteiger partial charge in [0.2, 0.25) is 0 Å². The van der Waals surface area contributed by atoms with Crippen molar-refractivity contribution >= 4 is 40.2 Å². The molecule has 2 aromatic heterocycles. The van der Waals surface area contributed by atoms with Gasteiger partial charge in [0.1, 0.15) is 11.4 Å². The van der Waals surface area contributed by atoms with Crippen LogP contribution in [0.15, 0.2) is 23.5 Å². The lowest BCUT2D eigenvalue weighted by molar-refractivity contribution is -0.385. The third kappa shape index (κ3) is 5.85. The second kappa shape index (κ2) is 12.1. The topological polar surface area (TPSA) is 147 Å². The Morgan fingerprint density at radius 3 is 2.62 bits per heavy atom. The van der Waals surface area contributed by atoms with E-state index in [-0.39, 0.29) is 29.3 Å². The number of amides is 1. The average molecular weight is 532 g/mol. The molecule has 4 rings (SSSR count). The largest absolute Gasteiger partial charge is 0.493 e. The van der Waals surface area contributed by atoms with E-state index in [1.165, 1.54) is 26.4 Å². The summed E-state index contributed by atoms with van der Waals surface area (Å²) < 4.78 is 17.5. The van der Waals surface area contributed by atoms with E-state index in [4.69, 9.17) is 24.2 Å². The van der Waals surface area contributed by atoms with Gasteiger partial charge in [-0.15, -0.1) is 0 Å². The van der Waals surface area contributed by atoms with Gasteiger partial charge in [-0.1, -0.05) is 18.7 Å².